The van der Waals surface area contributed by atoms with Gasteiger partial charge in [0.05, 0.1) is 6.61 Å². The fraction of sp³-hybridized carbons (Fsp3) is 0.600. The molecule has 6 heteroatoms. The van der Waals surface area contributed by atoms with Gasteiger partial charge in [0.15, 0.2) is 11.5 Å². The number of thioether (sulfide) groups is 1. The highest BCUT2D eigenvalue weighted by Crippen LogP contribution is 2.30. The van der Waals surface area contributed by atoms with Crippen molar-refractivity contribution in [2.45, 2.75) is 26.5 Å². The van der Waals surface area contributed by atoms with Gasteiger partial charge in [-0.05, 0) is 55.0 Å². The average Bonchev–Trinajstić information content (AvgIpc) is 2.94. The zero-order valence-electron chi connectivity index (χ0n) is 12.1. The summed E-state index contributed by atoms with van der Waals surface area (Å²) in [6.07, 6.45) is 1.27. The Labute approximate surface area is 128 Å². The van der Waals surface area contributed by atoms with Crippen molar-refractivity contribution >= 4 is 11.8 Å². The van der Waals surface area contributed by atoms with E-state index in [4.69, 9.17) is 4.74 Å². The molecule has 0 radical (unpaired) electrons. The molecular formula is C15H21F2NO2S. The van der Waals surface area contributed by atoms with Gasteiger partial charge < -0.3 is 14.8 Å². The third-order valence-corrected chi connectivity index (χ3v) is 4.54. The molecule has 118 valence electrons. The van der Waals surface area contributed by atoms with Crippen molar-refractivity contribution in [3.8, 4) is 11.5 Å². The number of halogens is 2. The van der Waals surface area contributed by atoms with Crippen LogP contribution in [-0.4, -0.2) is 31.3 Å². The zero-order valence-corrected chi connectivity index (χ0v) is 12.9. The number of hydrogen-bond donors (Lipinski definition) is 1. The van der Waals surface area contributed by atoms with Gasteiger partial charge in [-0.3, -0.25) is 0 Å². The molecule has 1 aliphatic heterocycles. The maximum atomic E-state index is 12.3. The number of nitrogens with one attached hydrogen (secondary N) is 1. The second kappa shape index (κ2) is 8.44. The standard InChI is InChI=1S/C15H21F2NO2S/c1-2-19-14-7-11(3-4-13(14)20-15(16)17)8-18-9-12-5-6-21-10-12/h3-4,7,12,15,18H,2,5-6,8-10H2,1H3. The Hall–Kier alpha value is -1.01. The molecule has 0 amide bonds. The molecule has 1 heterocycles. The molecule has 1 aromatic rings. The van der Waals surface area contributed by atoms with E-state index in [1.807, 2.05) is 18.7 Å². The molecule has 1 aromatic carbocycles. The molecule has 0 bridgehead atoms. The highest BCUT2D eigenvalue weighted by molar-refractivity contribution is 7.99. The van der Waals surface area contributed by atoms with Crippen LogP contribution in [0.25, 0.3) is 0 Å². The summed E-state index contributed by atoms with van der Waals surface area (Å²) in [6, 6.07) is 5.09. The fourth-order valence-electron chi connectivity index (χ4n) is 2.29. The highest BCUT2D eigenvalue weighted by Gasteiger charge is 2.15. The lowest BCUT2D eigenvalue weighted by Crippen LogP contribution is -2.22. The SMILES string of the molecule is CCOc1cc(CNCC2CCSC2)ccc1OC(F)F. The molecule has 1 N–H and O–H groups in total. The molecule has 0 aromatic heterocycles. The van der Waals surface area contributed by atoms with Crippen LogP contribution in [0.1, 0.15) is 18.9 Å². The Morgan fingerprint density at radius 2 is 2.24 bits per heavy atom. The van der Waals surface area contributed by atoms with Gasteiger partial charge >= 0.3 is 6.61 Å². The van der Waals surface area contributed by atoms with Gasteiger partial charge in [0.2, 0.25) is 0 Å². The maximum absolute atomic E-state index is 12.3. The summed E-state index contributed by atoms with van der Waals surface area (Å²) in [5.41, 5.74) is 1.01. The largest absolute Gasteiger partial charge is 0.490 e. The van der Waals surface area contributed by atoms with Crippen LogP contribution in [0.15, 0.2) is 18.2 Å². The molecule has 1 unspecified atom stereocenters. The monoisotopic (exact) mass is 317 g/mol. The zero-order chi connectivity index (χ0) is 15.1. The molecule has 0 saturated carbocycles. The predicted molar refractivity (Wildman–Crippen MR) is 81.4 cm³/mol. The molecule has 1 saturated heterocycles. The smallest absolute Gasteiger partial charge is 0.387 e. The minimum absolute atomic E-state index is 0.0859. The Bertz CT molecular complexity index is 440. The molecular weight excluding hydrogens is 296 g/mol. The van der Waals surface area contributed by atoms with Crippen molar-refractivity contribution in [3.05, 3.63) is 23.8 Å². The van der Waals surface area contributed by atoms with Gasteiger partial charge in [-0.15, -0.1) is 0 Å². The van der Waals surface area contributed by atoms with Crippen LogP contribution in [0.4, 0.5) is 8.78 Å². The molecule has 0 spiro atoms. The quantitative estimate of drug-likeness (QED) is 0.794. The van der Waals surface area contributed by atoms with E-state index in [0.29, 0.717) is 18.9 Å². The van der Waals surface area contributed by atoms with Crippen molar-refractivity contribution < 1.29 is 18.3 Å². The van der Waals surface area contributed by atoms with Crippen LogP contribution in [0.5, 0.6) is 11.5 Å². The first-order valence-electron chi connectivity index (χ1n) is 7.18. The predicted octanol–water partition coefficient (Wildman–Crippen LogP) is 3.53. The van der Waals surface area contributed by atoms with Gasteiger partial charge in [-0.25, -0.2) is 0 Å². The summed E-state index contributed by atoms with van der Waals surface area (Å²) < 4.78 is 34.5. The van der Waals surface area contributed by atoms with E-state index in [1.165, 1.54) is 17.9 Å². The number of rotatable bonds is 8. The fourth-order valence-corrected chi connectivity index (χ4v) is 3.57. The Morgan fingerprint density at radius 3 is 2.90 bits per heavy atom. The summed E-state index contributed by atoms with van der Waals surface area (Å²) >= 11 is 2.00. The first kappa shape index (κ1) is 16.4. The third kappa shape index (κ3) is 5.36. The maximum Gasteiger partial charge on any atom is 0.387 e. The Balaban J connectivity index is 1.91. The topological polar surface area (TPSA) is 30.5 Å². The first-order chi connectivity index (χ1) is 10.2. The van der Waals surface area contributed by atoms with E-state index in [0.717, 1.165) is 18.0 Å². The van der Waals surface area contributed by atoms with Crippen LogP contribution in [-0.2, 0) is 6.54 Å². The van der Waals surface area contributed by atoms with Crippen LogP contribution in [0, 0.1) is 5.92 Å². The van der Waals surface area contributed by atoms with Crippen molar-refractivity contribution in [1.29, 1.82) is 0 Å². The lowest BCUT2D eigenvalue weighted by Gasteiger charge is -2.14. The molecule has 0 aliphatic carbocycles. The van der Waals surface area contributed by atoms with Gasteiger partial charge in [0, 0.05) is 6.54 Å². The minimum Gasteiger partial charge on any atom is -0.490 e. The molecule has 2 rings (SSSR count). The van der Waals surface area contributed by atoms with E-state index in [9.17, 15) is 8.78 Å². The van der Waals surface area contributed by atoms with Crippen LogP contribution >= 0.6 is 11.8 Å². The lowest BCUT2D eigenvalue weighted by molar-refractivity contribution is -0.0514. The van der Waals surface area contributed by atoms with Crippen molar-refractivity contribution in [2.75, 3.05) is 24.7 Å². The Kier molecular flexibility index (Phi) is 6.57. The van der Waals surface area contributed by atoms with Crippen molar-refractivity contribution in [1.82, 2.24) is 5.32 Å². The van der Waals surface area contributed by atoms with E-state index in [-0.39, 0.29) is 5.75 Å². The van der Waals surface area contributed by atoms with Crippen molar-refractivity contribution in [2.24, 2.45) is 5.92 Å². The van der Waals surface area contributed by atoms with Crippen LogP contribution < -0.4 is 14.8 Å². The van der Waals surface area contributed by atoms with E-state index in [2.05, 4.69) is 10.1 Å². The van der Waals surface area contributed by atoms with Gasteiger partial charge in [0.25, 0.3) is 0 Å². The summed E-state index contributed by atoms with van der Waals surface area (Å²) in [5, 5.41) is 3.42. The third-order valence-electron chi connectivity index (χ3n) is 3.31. The number of alkyl halides is 2. The molecule has 3 nitrogen and oxygen atoms in total. The molecule has 1 fully saturated rings. The highest BCUT2D eigenvalue weighted by atomic mass is 32.2. The van der Waals surface area contributed by atoms with Crippen molar-refractivity contribution in [3.63, 3.8) is 0 Å². The second-order valence-corrected chi connectivity index (χ2v) is 6.10. The lowest BCUT2D eigenvalue weighted by atomic mass is 10.1. The minimum atomic E-state index is -2.84. The Morgan fingerprint density at radius 1 is 1.38 bits per heavy atom. The van der Waals surface area contributed by atoms with Gasteiger partial charge in [0.1, 0.15) is 0 Å². The van der Waals surface area contributed by atoms with Gasteiger partial charge in [-0.2, -0.15) is 20.5 Å². The average molecular weight is 317 g/mol. The normalized spacial score (nSPS) is 18.2. The van der Waals surface area contributed by atoms with E-state index in [1.54, 1.807) is 18.2 Å². The molecule has 1 atom stereocenters. The van der Waals surface area contributed by atoms with Crippen LogP contribution in [0.2, 0.25) is 0 Å². The number of ether oxygens (including phenoxy) is 2. The van der Waals surface area contributed by atoms with E-state index >= 15 is 0 Å². The summed E-state index contributed by atoms with van der Waals surface area (Å²) in [7, 11) is 0. The number of hydrogen-bond acceptors (Lipinski definition) is 4. The summed E-state index contributed by atoms with van der Waals surface area (Å²) in [5.74, 6) is 3.66. The van der Waals surface area contributed by atoms with Gasteiger partial charge in [-0.1, -0.05) is 6.07 Å². The van der Waals surface area contributed by atoms with Crippen LogP contribution in [0.3, 0.4) is 0 Å². The van der Waals surface area contributed by atoms with E-state index < -0.39 is 6.61 Å². The summed E-state index contributed by atoms with van der Waals surface area (Å²) in [6.45, 7) is 1.08. The first-order valence-corrected chi connectivity index (χ1v) is 8.33. The number of benzene rings is 1. The summed E-state index contributed by atoms with van der Waals surface area (Å²) in [4.78, 5) is 0. The molecule has 21 heavy (non-hydrogen) atoms. The molecule has 1 aliphatic rings. The second-order valence-electron chi connectivity index (χ2n) is 4.95.